The van der Waals surface area contributed by atoms with Crippen LogP contribution in [-0.4, -0.2) is 102 Å². The van der Waals surface area contributed by atoms with Crippen LogP contribution in [0.25, 0.3) is 0 Å². The van der Waals surface area contributed by atoms with Crippen LogP contribution < -0.4 is 10.1 Å². The van der Waals surface area contributed by atoms with Crippen LogP contribution in [0, 0.1) is 0 Å². The highest BCUT2D eigenvalue weighted by atomic mass is 16.5. The number of benzene rings is 2. The van der Waals surface area contributed by atoms with Crippen LogP contribution in [0.5, 0.6) is 11.5 Å². The number of hydrogen-bond donors (Lipinski definition) is 2. The van der Waals surface area contributed by atoms with Gasteiger partial charge in [-0.1, -0.05) is 24.3 Å². The minimum absolute atomic E-state index is 0.0378. The summed E-state index contributed by atoms with van der Waals surface area (Å²) in [4.78, 5) is 43.4. The van der Waals surface area contributed by atoms with E-state index >= 15 is 0 Å². The number of piperazine rings is 1. The number of amides is 4. The number of aromatic hydroxyl groups is 1. The summed E-state index contributed by atoms with van der Waals surface area (Å²) in [5.74, 6) is 0.421. The molecule has 0 aliphatic carbocycles. The normalized spacial score (nSPS) is 20.1. The Bertz CT molecular complexity index is 1110. The van der Waals surface area contributed by atoms with Crippen LogP contribution >= 0.6 is 0 Å². The van der Waals surface area contributed by atoms with Crippen LogP contribution in [0.4, 0.5) is 4.79 Å². The van der Waals surface area contributed by atoms with E-state index in [0.717, 1.165) is 16.9 Å². The first-order valence-electron chi connectivity index (χ1n) is 12.1. The number of hydrazine groups is 1. The number of rotatable bonds is 8. The van der Waals surface area contributed by atoms with Gasteiger partial charge in [0.2, 0.25) is 11.8 Å². The molecule has 37 heavy (non-hydrogen) atoms. The van der Waals surface area contributed by atoms with Gasteiger partial charge in [-0.3, -0.25) is 9.59 Å². The van der Waals surface area contributed by atoms with E-state index in [1.807, 2.05) is 24.3 Å². The largest absolute Gasteiger partial charge is 0.508 e. The molecule has 11 heteroatoms. The third kappa shape index (κ3) is 5.78. The van der Waals surface area contributed by atoms with E-state index in [1.54, 1.807) is 55.4 Å². The summed E-state index contributed by atoms with van der Waals surface area (Å²) in [6.07, 6.45) is -0.422. The van der Waals surface area contributed by atoms with Crippen molar-refractivity contribution >= 4 is 17.8 Å². The van der Waals surface area contributed by atoms with Gasteiger partial charge in [-0.15, -0.1) is 0 Å². The number of urea groups is 1. The number of methoxy groups -OCH3 is 2. The van der Waals surface area contributed by atoms with Gasteiger partial charge in [0, 0.05) is 33.7 Å². The molecule has 0 saturated carbocycles. The summed E-state index contributed by atoms with van der Waals surface area (Å²) in [5.41, 5.74) is 1.69. The van der Waals surface area contributed by atoms with Crippen molar-refractivity contribution in [2.24, 2.45) is 0 Å². The highest BCUT2D eigenvalue weighted by molar-refractivity contribution is 5.91. The highest BCUT2D eigenvalue weighted by Gasteiger charge is 2.50. The zero-order valence-electron chi connectivity index (χ0n) is 21.3. The number of phenolic OH excluding ortho intramolecular Hbond substituents is 1. The molecule has 2 atom stereocenters. The maximum atomic E-state index is 13.5. The van der Waals surface area contributed by atoms with E-state index in [9.17, 15) is 19.5 Å². The lowest BCUT2D eigenvalue weighted by atomic mass is 9.98. The van der Waals surface area contributed by atoms with Crippen LogP contribution in [-0.2, 0) is 27.3 Å². The number of likely N-dealkylation sites (N-methyl/N-ethyl adjacent to an activating group) is 1. The Hall–Kier alpha value is -3.83. The van der Waals surface area contributed by atoms with Gasteiger partial charge in [-0.2, -0.15) is 0 Å². The number of hydrogen-bond acceptors (Lipinski definition) is 7. The highest BCUT2D eigenvalue weighted by Crippen LogP contribution is 2.28. The fourth-order valence-electron chi connectivity index (χ4n) is 4.77. The molecule has 0 bridgehead atoms. The van der Waals surface area contributed by atoms with Gasteiger partial charge in [0.1, 0.15) is 23.7 Å². The summed E-state index contributed by atoms with van der Waals surface area (Å²) >= 11 is 0. The van der Waals surface area contributed by atoms with Gasteiger partial charge in [-0.25, -0.2) is 14.8 Å². The van der Waals surface area contributed by atoms with Crippen molar-refractivity contribution in [2.75, 3.05) is 47.5 Å². The van der Waals surface area contributed by atoms with Crippen LogP contribution in [0.15, 0.2) is 48.5 Å². The Morgan fingerprint density at radius 1 is 1.05 bits per heavy atom. The first-order chi connectivity index (χ1) is 17.8. The molecule has 11 nitrogen and oxygen atoms in total. The van der Waals surface area contributed by atoms with Crippen molar-refractivity contribution in [3.8, 4) is 11.5 Å². The molecule has 2 aromatic rings. The molecule has 2 N–H and O–H groups in total. The molecule has 0 unspecified atom stereocenters. The van der Waals surface area contributed by atoms with E-state index in [-0.39, 0.29) is 49.7 Å². The molecule has 2 aliphatic heterocycles. The van der Waals surface area contributed by atoms with E-state index in [0.29, 0.717) is 13.2 Å². The van der Waals surface area contributed by atoms with Crippen molar-refractivity contribution in [1.29, 1.82) is 0 Å². The van der Waals surface area contributed by atoms with Gasteiger partial charge in [0.15, 0.2) is 0 Å². The minimum atomic E-state index is -0.793. The maximum absolute atomic E-state index is 13.5. The SMILES string of the molecule is COCCN1C[C@H]2N(C(=O)CN(C)N2C(=O)NCc2ccc(OC)cc2)[C@@H](Cc2ccc(O)cc2)C1=O. The average Bonchev–Trinajstić information content (AvgIpc) is 2.89. The minimum Gasteiger partial charge on any atom is -0.508 e. The molecule has 2 heterocycles. The number of carbonyl (C=O) groups is 3. The smallest absolute Gasteiger partial charge is 0.334 e. The topological polar surface area (TPSA) is 115 Å². The molecule has 2 fully saturated rings. The van der Waals surface area contributed by atoms with Crippen LogP contribution in [0.1, 0.15) is 11.1 Å². The van der Waals surface area contributed by atoms with E-state index in [4.69, 9.17) is 9.47 Å². The van der Waals surface area contributed by atoms with Crippen LogP contribution in [0.3, 0.4) is 0 Å². The second kappa shape index (κ2) is 11.5. The summed E-state index contributed by atoms with van der Waals surface area (Å²) in [5, 5.41) is 15.7. The zero-order chi connectivity index (χ0) is 26.5. The molecule has 0 radical (unpaired) electrons. The van der Waals surface area contributed by atoms with Gasteiger partial charge in [0.25, 0.3) is 0 Å². The molecule has 4 rings (SSSR count). The Labute approximate surface area is 216 Å². The molecule has 4 amide bonds. The van der Waals surface area contributed by atoms with Crippen molar-refractivity contribution < 1.29 is 29.0 Å². The Morgan fingerprint density at radius 2 is 1.73 bits per heavy atom. The molecular formula is C26H33N5O6. The number of nitrogens with one attached hydrogen (secondary N) is 1. The molecule has 0 spiro atoms. The van der Waals surface area contributed by atoms with Crippen molar-refractivity contribution in [3.63, 3.8) is 0 Å². The third-order valence-electron chi connectivity index (χ3n) is 6.68. The Morgan fingerprint density at radius 3 is 2.38 bits per heavy atom. The summed E-state index contributed by atoms with van der Waals surface area (Å²) in [6, 6.07) is 12.8. The first kappa shape index (κ1) is 26.2. The van der Waals surface area contributed by atoms with Gasteiger partial charge in [0.05, 0.1) is 26.8 Å². The summed E-state index contributed by atoms with van der Waals surface area (Å²) in [6.45, 7) is 1.09. The lowest BCUT2D eigenvalue weighted by molar-refractivity contribution is -0.187. The van der Waals surface area contributed by atoms with Gasteiger partial charge >= 0.3 is 6.03 Å². The third-order valence-corrected chi connectivity index (χ3v) is 6.68. The van der Waals surface area contributed by atoms with Crippen molar-refractivity contribution in [3.05, 3.63) is 59.7 Å². The first-order valence-corrected chi connectivity index (χ1v) is 12.1. The molecule has 0 aromatic heterocycles. The van der Waals surface area contributed by atoms with E-state index in [2.05, 4.69) is 5.32 Å². The number of phenols is 1. The summed E-state index contributed by atoms with van der Waals surface area (Å²) in [7, 11) is 4.84. The predicted molar refractivity (Wildman–Crippen MR) is 134 cm³/mol. The van der Waals surface area contributed by atoms with Crippen molar-refractivity contribution in [1.82, 2.24) is 25.1 Å². The fraction of sp³-hybridized carbons (Fsp3) is 0.423. The standard InChI is InChI=1S/C26H33N5O6/c1-28-17-24(33)30-22(14-18-4-8-20(32)9-5-18)25(34)29(12-13-36-2)16-23(30)31(28)26(35)27-15-19-6-10-21(37-3)11-7-19/h4-11,22-23,32H,12-17H2,1-3H3,(H,27,35)/t22-,23-/m0/s1. The Balaban J connectivity index is 1.58. The lowest BCUT2D eigenvalue weighted by Crippen LogP contribution is -2.76. The maximum Gasteiger partial charge on any atom is 0.334 e. The molecule has 2 saturated heterocycles. The van der Waals surface area contributed by atoms with Gasteiger partial charge < -0.3 is 29.7 Å². The Kier molecular flexibility index (Phi) is 8.14. The second-order valence-corrected chi connectivity index (χ2v) is 9.11. The quantitative estimate of drug-likeness (QED) is 0.544. The van der Waals surface area contributed by atoms with E-state index in [1.165, 1.54) is 9.91 Å². The zero-order valence-corrected chi connectivity index (χ0v) is 21.3. The fourth-order valence-corrected chi connectivity index (χ4v) is 4.77. The molecular weight excluding hydrogens is 478 g/mol. The number of nitrogens with zero attached hydrogens (tertiary/aromatic N) is 4. The second-order valence-electron chi connectivity index (χ2n) is 9.11. The number of carbonyl (C=O) groups excluding carboxylic acids is 3. The van der Waals surface area contributed by atoms with E-state index < -0.39 is 12.2 Å². The molecule has 2 aromatic carbocycles. The number of ether oxygens (including phenoxy) is 2. The average molecular weight is 512 g/mol. The summed E-state index contributed by atoms with van der Waals surface area (Å²) < 4.78 is 10.4. The van der Waals surface area contributed by atoms with Crippen molar-refractivity contribution in [2.45, 2.75) is 25.2 Å². The molecule has 2 aliphatic rings. The van der Waals surface area contributed by atoms with Gasteiger partial charge in [-0.05, 0) is 35.4 Å². The van der Waals surface area contributed by atoms with Crippen LogP contribution in [0.2, 0.25) is 0 Å². The molecule has 198 valence electrons. The number of fused-ring (bicyclic) bond motifs is 1. The monoisotopic (exact) mass is 511 g/mol. The lowest BCUT2D eigenvalue weighted by Gasteiger charge is -2.54. The predicted octanol–water partition coefficient (Wildman–Crippen LogP) is 1.03.